The predicted molar refractivity (Wildman–Crippen MR) is 38.3 cm³/mol. The van der Waals surface area contributed by atoms with Crippen LogP contribution in [0.3, 0.4) is 0 Å². The van der Waals surface area contributed by atoms with E-state index in [-0.39, 0.29) is 0 Å². The smallest absolute Gasteiger partial charge is 0.173 e. The lowest BCUT2D eigenvalue weighted by Gasteiger charge is -2.26. The molecule has 0 aromatic heterocycles. The van der Waals surface area contributed by atoms with Crippen molar-refractivity contribution in [3.05, 3.63) is 4.91 Å². The van der Waals surface area contributed by atoms with Gasteiger partial charge in [0.15, 0.2) is 5.35 Å². The second-order valence-corrected chi connectivity index (χ2v) is 4.13. The summed E-state index contributed by atoms with van der Waals surface area (Å²) in [6.45, 7) is 0.718. The molecular formula is C5H11NO2Si. The molecule has 0 spiro atoms. The van der Waals surface area contributed by atoms with Crippen molar-refractivity contribution in [3.8, 4) is 0 Å². The van der Waals surface area contributed by atoms with Crippen LogP contribution in [-0.4, -0.2) is 22.2 Å². The Hall–Kier alpha value is -0.223. The normalized spacial score (nSPS) is 36.4. The molecule has 0 radical (unpaired) electrons. The molecule has 1 unspecified atom stereocenters. The molecule has 0 amide bonds. The first kappa shape index (κ1) is 6.89. The minimum Gasteiger partial charge on any atom is -0.355 e. The van der Waals surface area contributed by atoms with E-state index in [1.54, 1.807) is 0 Å². The van der Waals surface area contributed by atoms with Gasteiger partial charge < -0.3 is 4.74 Å². The second-order valence-electron chi connectivity index (χ2n) is 2.57. The van der Waals surface area contributed by atoms with Gasteiger partial charge in [0.05, 0.1) is 10.2 Å². The molecule has 0 aromatic carbocycles. The molecule has 0 saturated carbocycles. The fourth-order valence-corrected chi connectivity index (χ4v) is 1.55. The van der Waals surface area contributed by atoms with Crippen molar-refractivity contribution in [1.82, 2.24) is 0 Å². The summed E-state index contributed by atoms with van der Waals surface area (Å²) in [4.78, 5) is 10.1. The van der Waals surface area contributed by atoms with E-state index in [9.17, 15) is 4.91 Å². The van der Waals surface area contributed by atoms with E-state index in [1.165, 1.54) is 0 Å². The lowest BCUT2D eigenvalue weighted by molar-refractivity contribution is -0.0122. The van der Waals surface area contributed by atoms with Crippen LogP contribution < -0.4 is 0 Å². The Labute approximate surface area is 57.2 Å². The molecule has 1 aliphatic heterocycles. The van der Waals surface area contributed by atoms with Crippen molar-refractivity contribution in [2.75, 3.05) is 6.61 Å². The molecular weight excluding hydrogens is 134 g/mol. The van der Waals surface area contributed by atoms with Gasteiger partial charge in [-0.1, -0.05) is 0 Å². The molecule has 1 fully saturated rings. The summed E-state index contributed by atoms with van der Waals surface area (Å²) in [5.74, 6) is 0. The standard InChI is InChI=1S/C5H11NO2Si/c7-6-5(9)3-1-2-4-8-5/h1-4H2,9H3. The molecule has 0 aliphatic carbocycles. The summed E-state index contributed by atoms with van der Waals surface area (Å²) < 4.78 is 5.20. The Morgan fingerprint density at radius 1 is 1.56 bits per heavy atom. The van der Waals surface area contributed by atoms with Crippen molar-refractivity contribution >= 4 is 10.2 Å². The molecule has 9 heavy (non-hydrogen) atoms. The van der Waals surface area contributed by atoms with Crippen LogP contribution in [0, 0.1) is 4.91 Å². The third-order valence-electron chi connectivity index (χ3n) is 1.64. The summed E-state index contributed by atoms with van der Waals surface area (Å²) in [5.41, 5.74) is 0. The average Bonchev–Trinajstić information content (AvgIpc) is 1.90. The molecule has 1 heterocycles. The van der Waals surface area contributed by atoms with Crippen LogP contribution in [0.25, 0.3) is 0 Å². The maximum absolute atomic E-state index is 10.1. The zero-order valence-electron chi connectivity index (χ0n) is 5.59. The Bertz CT molecular complexity index is 112. The van der Waals surface area contributed by atoms with Crippen LogP contribution >= 0.6 is 0 Å². The first-order chi connectivity index (χ1) is 4.27. The average molecular weight is 145 g/mol. The van der Waals surface area contributed by atoms with Crippen molar-refractivity contribution in [2.24, 2.45) is 5.18 Å². The number of ether oxygens (including phenoxy) is 1. The molecule has 52 valence electrons. The van der Waals surface area contributed by atoms with Gasteiger partial charge in [-0.3, -0.25) is 0 Å². The number of nitrogens with zero attached hydrogens (tertiary/aromatic N) is 1. The van der Waals surface area contributed by atoms with E-state index in [0.29, 0.717) is 0 Å². The molecule has 4 heteroatoms. The van der Waals surface area contributed by atoms with Crippen LogP contribution in [0.2, 0.25) is 0 Å². The van der Waals surface area contributed by atoms with Crippen LogP contribution in [-0.2, 0) is 4.74 Å². The van der Waals surface area contributed by atoms with Crippen molar-refractivity contribution < 1.29 is 4.74 Å². The Balaban J connectivity index is 2.46. The monoisotopic (exact) mass is 145 g/mol. The summed E-state index contributed by atoms with van der Waals surface area (Å²) >= 11 is 0. The first-order valence-electron chi connectivity index (χ1n) is 3.25. The summed E-state index contributed by atoms with van der Waals surface area (Å²) in [6, 6.07) is 0. The summed E-state index contributed by atoms with van der Waals surface area (Å²) in [6.07, 6.45) is 3.01. The van der Waals surface area contributed by atoms with E-state index >= 15 is 0 Å². The topological polar surface area (TPSA) is 38.7 Å². The highest BCUT2D eigenvalue weighted by Crippen LogP contribution is 2.21. The highest BCUT2D eigenvalue weighted by atomic mass is 28.1. The Kier molecular flexibility index (Phi) is 1.97. The SMILES string of the molecule is O=NC1([SiH3])CCCCO1. The molecule has 3 nitrogen and oxygen atoms in total. The van der Waals surface area contributed by atoms with Crippen LogP contribution in [0.4, 0.5) is 0 Å². The van der Waals surface area contributed by atoms with Crippen molar-refractivity contribution in [2.45, 2.75) is 24.6 Å². The molecule has 0 N–H and O–H groups in total. The third-order valence-corrected chi connectivity index (χ3v) is 2.61. The molecule has 1 rings (SSSR count). The summed E-state index contributed by atoms with van der Waals surface area (Å²) in [7, 11) is 0.729. The first-order valence-corrected chi connectivity index (χ1v) is 4.25. The van der Waals surface area contributed by atoms with Crippen LogP contribution in [0.15, 0.2) is 5.18 Å². The number of rotatable bonds is 1. The lowest BCUT2D eigenvalue weighted by atomic mass is 10.2. The van der Waals surface area contributed by atoms with Gasteiger partial charge in [0.25, 0.3) is 0 Å². The van der Waals surface area contributed by atoms with Crippen LogP contribution in [0.1, 0.15) is 19.3 Å². The lowest BCUT2D eigenvalue weighted by Crippen LogP contribution is -2.33. The minimum atomic E-state index is -0.571. The number of nitroso groups, excluding NO2 is 1. The van der Waals surface area contributed by atoms with Gasteiger partial charge in [-0.25, -0.2) is 0 Å². The molecule has 1 atom stereocenters. The van der Waals surface area contributed by atoms with Gasteiger partial charge in [-0.2, -0.15) is 0 Å². The highest BCUT2D eigenvalue weighted by molar-refractivity contribution is 6.14. The molecule has 0 aromatic rings. The van der Waals surface area contributed by atoms with Crippen molar-refractivity contribution in [1.29, 1.82) is 0 Å². The Morgan fingerprint density at radius 2 is 2.33 bits per heavy atom. The van der Waals surface area contributed by atoms with E-state index in [0.717, 1.165) is 36.1 Å². The minimum absolute atomic E-state index is 0.571. The van der Waals surface area contributed by atoms with Gasteiger partial charge in [-0.05, 0) is 24.4 Å². The predicted octanol–water partition coefficient (Wildman–Crippen LogP) is -0.0275. The van der Waals surface area contributed by atoms with Gasteiger partial charge in [-0.15, -0.1) is 4.91 Å². The highest BCUT2D eigenvalue weighted by Gasteiger charge is 2.27. The number of hydrogen-bond acceptors (Lipinski definition) is 3. The third kappa shape index (κ3) is 1.59. The van der Waals surface area contributed by atoms with Crippen molar-refractivity contribution in [3.63, 3.8) is 0 Å². The zero-order valence-corrected chi connectivity index (χ0v) is 7.59. The van der Waals surface area contributed by atoms with E-state index < -0.39 is 5.35 Å². The van der Waals surface area contributed by atoms with Gasteiger partial charge in [0, 0.05) is 6.61 Å². The van der Waals surface area contributed by atoms with E-state index in [2.05, 4.69) is 5.18 Å². The van der Waals surface area contributed by atoms with E-state index in [4.69, 9.17) is 4.74 Å². The fraction of sp³-hybridized carbons (Fsp3) is 1.00. The Morgan fingerprint density at radius 3 is 2.67 bits per heavy atom. The van der Waals surface area contributed by atoms with E-state index in [1.807, 2.05) is 0 Å². The maximum Gasteiger partial charge on any atom is 0.173 e. The van der Waals surface area contributed by atoms with Gasteiger partial charge in [0.2, 0.25) is 0 Å². The largest absolute Gasteiger partial charge is 0.355 e. The quantitative estimate of drug-likeness (QED) is 0.384. The number of hydrogen-bond donors (Lipinski definition) is 0. The van der Waals surface area contributed by atoms with Gasteiger partial charge >= 0.3 is 0 Å². The molecule has 1 saturated heterocycles. The zero-order chi connectivity index (χ0) is 6.74. The fourth-order valence-electron chi connectivity index (χ4n) is 0.991. The maximum atomic E-state index is 10.1. The summed E-state index contributed by atoms with van der Waals surface area (Å²) in [5, 5.41) is 2.40. The van der Waals surface area contributed by atoms with Gasteiger partial charge in [0.1, 0.15) is 0 Å². The second kappa shape index (κ2) is 2.58. The van der Waals surface area contributed by atoms with Crippen LogP contribution in [0.5, 0.6) is 0 Å². The molecule has 0 bridgehead atoms. The molecule has 1 aliphatic rings.